The standard InChI is InChI=1S/C13H17NO3/c15-11-5-3-10(4-6-11)12(16)14-9-13(17)7-1-2-8-13/h3-6,15,17H,1-2,7-9H2,(H,14,16). The van der Waals surface area contributed by atoms with Crippen molar-refractivity contribution < 1.29 is 15.0 Å². The summed E-state index contributed by atoms with van der Waals surface area (Å²) in [5.41, 5.74) is -0.239. The molecule has 0 saturated heterocycles. The molecular weight excluding hydrogens is 218 g/mol. The van der Waals surface area contributed by atoms with Crippen molar-refractivity contribution in [1.82, 2.24) is 5.32 Å². The zero-order chi connectivity index (χ0) is 12.3. The number of benzene rings is 1. The second kappa shape index (κ2) is 4.75. The van der Waals surface area contributed by atoms with Crippen LogP contribution in [-0.4, -0.2) is 28.3 Å². The first-order valence-corrected chi connectivity index (χ1v) is 5.89. The van der Waals surface area contributed by atoms with Crippen molar-refractivity contribution in [2.24, 2.45) is 0 Å². The Balaban J connectivity index is 1.91. The third-order valence-electron chi connectivity index (χ3n) is 3.24. The first-order valence-electron chi connectivity index (χ1n) is 5.89. The second-order valence-corrected chi connectivity index (χ2v) is 4.66. The molecular formula is C13H17NO3. The lowest BCUT2D eigenvalue weighted by molar-refractivity contribution is 0.0449. The van der Waals surface area contributed by atoms with Gasteiger partial charge in [-0.1, -0.05) is 12.8 Å². The Morgan fingerprint density at radius 2 is 1.82 bits per heavy atom. The van der Waals surface area contributed by atoms with Gasteiger partial charge in [-0.25, -0.2) is 0 Å². The number of carbonyl (C=O) groups excluding carboxylic acids is 1. The normalized spacial score (nSPS) is 17.9. The molecule has 0 unspecified atom stereocenters. The minimum absolute atomic E-state index is 0.135. The molecule has 4 heteroatoms. The number of phenols is 1. The van der Waals surface area contributed by atoms with Crippen molar-refractivity contribution in [2.45, 2.75) is 31.3 Å². The maximum Gasteiger partial charge on any atom is 0.251 e. The number of nitrogens with one attached hydrogen (secondary N) is 1. The Kier molecular flexibility index (Phi) is 3.33. The molecule has 1 fully saturated rings. The lowest BCUT2D eigenvalue weighted by Gasteiger charge is -2.22. The van der Waals surface area contributed by atoms with Crippen LogP contribution in [0.25, 0.3) is 0 Å². The molecule has 0 aromatic heterocycles. The number of rotatable bonds is 3. The van der Waals surface area contributed by atoms with Crippen LogP contribution in [0.15, 0.2) is 24.3 Å². The van der Waals surface area contributed by atoms with E-state index in [2.05, 4.69) is 5.32 Å². The van der Waals surface area contributed by atoms with Crippen LogP contribution in [0.4, 0.5) is 0 Å². The van der Waals surface area contributed by atoms with Gasteiger partial charge in [0.15, 0.2) is 0 Å². The molecule has 1 aliphatic rings. The van der Waals surface area contributed by atoms with Crippen LogP contribution in [0, 0.1) is 0 Å². The summed E-state index contributed by atoms with van der Waals surface area (Å²) >= 11 is 0. The van der Waals surface area contributed by atoms with Crippen molar-refractivity contribution >= 4 is 5.91 Å². The van der Waals surface area contributed by atoms with Gasteiger partial charge in [-0.15, -0.1) is 0 Å². The summed E-state index contributed by atoms with van der Waals surface area (Å²) in [4.78, 5) is 11.8. The van der Waals surface area contributed by atoms with Crippen LogP contribution in [0.2, 0.25) is 0 Å². The van der Waals surface area contributed by atoms with Gasteiger partial charge in [0, 0.05) is 12.1 Å². The number of aromatic hydroxyl groups is 1. The molecule has 1 amide bonds. The van der Waals surface area contributed by atoms with E-state index in [1.54, 1.807) is 12.1 Å². The molecule has 1 aromatic rings. The summed E-state index contributed by atoms with van der Waals surface area (Å²) in [6.45, 7) is 0.298. The number of amides is 1. The molecule has 0 aliphatic heterocycles. The predicted molar refractivity (Wildman–Crippen MR) is 63.9 cm³/mol. The number of aliphatic hydroxyl groups is 1. The monoisotopic (exact) mass is 235 g/mol. The van der Waals surface area contributed by atoms with Gasteiger partial charge in [0.25, 0.3) is 5.91 Å². The highest BCUT2D eigenvalue weighted by atomic mass is 16.3. The van der Waals surface area contributed by atoms with Gasteiger partial charge in [-0.2, -0.15) is 0 Å². The average Bonchev–Trinajstić information content (AvgIpc) is 2.75. The van der Waals surface area contributed by atoms with Crippen molar-refractivity contribution in [3.63, 3.8) is 0 Å². The first kappa shape index (κ1) is 11.9. The SMILES string of the molecule is O=C(NCC1(O)CCCC1)c1ccc(O)cc1. The van der Waals surface area contributed by atoms with Gasteiger partial charge in [-0.3, -0.25) is 4.79 Å². The maximum absolute atomic E-state index is 11.8. The summed E-state index contributed by atoms with van der Waals surface area (Å²) in [7, 11) is 0. The number of hydrogen-bond donors (Lipinski definition) is 3. The average molecular weight is 235 g/mol. The molecule has 0 atom stereocenters. The molecule has 0 radical (unpaired) electrons. The van der Waals surface area contributed by atoms with Gasteiger partial charge in [0.1, 0.15) is 5.75 Å². The van der Waals surface area contributed by atoms with E-state index in [-0.39, 0.29) is 11.7 Å². The van der Waals surface area contributed by atoms with Crippen molar-refractivity contribution in [3.8, 4) is 5.75 Å². The molecule has 2 rings (SSSR count). The van der Waals surface area contributed by atoms with E-state index >= 15 is 0 Å². The Morgan fingerprint density at radius 1 is 1.24 bits per heavy atom. The van der Waals surface area contributed by atoms with Crippen LogP contribution in [0.5, 0.6) is 5.75 Å². The minimum atomic E-state index is -0.730. The summed E-state index contributed by atoms with van der Waals surface area (Å²) in [6, 6.07) is 6.06. The fourth-order valence-electron chi connectivity index (χ4n) is 2.17. The summed E-state index contributed by atoms with van der Waals surface area (Å²) in [5.74, 6) is -0.0821. The zero-order valence-electron chi connectivity index (χ0n) is 9.65. The Hall–Kier alpha value is -1.55. The summed E-state index contributed by atoms with van der Waals surface area (Å²) in [5, 5.41) is 21.9. The Bertz CT molecular complexity index is 394. The fourth-order valence-corrected chi connectivity index (χ4v) is 2.17. The largest absolute Gasteiger partial charge is 0.508 e. The third kappa shape index (κ3) is 2.97. The zero-order valence-corrected chi connectivity index (χ0v) is 9.65. The molecule has 1 saturated carbocycles. The smallest absolute Gasteiger partial charge is 0.251 e. The van der Waals surface area contributed by atoms with Crippen molar-refractivity contribution in [1.29, 1.82) is 0 Å². The third-order valence-corrected chi connectivity index (χ3v) is 3.24. The molecule has 0 spiro atoms. The summed E-state index contributed by atoms with van der Waals surface area (Å²) in [6.07, 6.45) is 3.54. The summed E-state index contributed by atoms with van der Waals surface area (Å²) < 4.78 is 0. The van der Waals surface area contributed by atoms with Gasteiger partial charge >= 0.3 is 0 Å². The maximum atomic E-state index is 11.8. The highest BCUT2D eigenvalue weighted by Crippen LogP contribution is 2.28. The predicted octanol–water partition coefficient (Wildman–Crippen LogP) is 1.43. The first-order chi connectivity index (χ1) is 8.09. The Labute approximate surface area is 100 Å². The highest BCUT2D eigenvalue weighted by molar-refractivity contribution is 5.94. The quantitative estimate of drug-likeness (QED) is 0.742. The number of hydrogen-bond acceptors (Lipinski definition) is 3. The van der Waals surface area contributed by atoms with Crippen molar-refractivity contribution in [2.75, 3.05) is 6.54 Å². The fraction of sp³-hybridized carbons (Fsp3) is 0.462. The molecule has 17 heavy (non-hydrogen) atoms. The second-order valence-electron chi connectivity index (χ2n) is 4.66. The highest BCUT2D eigenvalue weighted by Gasteiger charge is 2.31. The molecule has 1 aromatic carbocycles. The van der Waals surface area contributed by atoms with E-state index < -0.39 is 5.60 Å². The van der Waals surface area contributed by atoms with Gasteiger partial charge in [-0.05, 0) is 37.1 Å². The van der Waals surface area contributed by atoms with E-state index in [9.17, 15) is 9.90 Å². The van der Waals surface area contributed by atoms with Crippen LogP contribution in [0.1, 0.15) is 36.0 Å². The minimum Gasteiger partial charge on any atom is -0.508 e. The van der Waals surface area contributed by atoms with E-state index in [0.29, 0.717) is 12.1 Å². The van der Waals surface area contributed by atoms with E-state index in [0.717, 1.165) is 25.7 Å². The molecule has 3 N–H and O–H groups in total. The van der Waals surface area contributed by atoms with E-state index in [1.807, 2.05) is 0 Å². The van der Waals surface area contributed by atoms with Crippen LogP contribution < -0.4 is 5.32 Å². The van der Waals surface area contributed by atoms with Crippen LogP contribution >= 0.6 is 0 Å². The van der Waals surface area contributed by atoms with Gasteiger partial charge < -0.3 is 15.5 Å². The van der Waals surface area contributed by atoms with Gasteiger partial charge in [0.2, 0.25) is 0 Å². The number of carbonyl (C=O) groups is 1. The van der Waals surface area contributed by atoms with E-state index in [1.165, 1.54) is 12.1 Å². The lowest BCUT2D eigenvalue weighted by atomic mass is 10.0. The molecule has 1 aliphatic carbocycles. The molecule has 0 heterocycles. The van der Waals surface area contributed by atoms with Crippen LogP contribution in [0.3, 0.4) is 0 Å². The van der Waals surface area contributed by atoms with Crippen molar-refractivity contribution in [3.05, 3.63) is 29.8 Å². The topological polar surface area (TPSA) is 69.6 Å². The lowest BCUT2D eigenvalue weighted by Crippen LogP contribution is -2.40. The molecule has 92 valence electrons. The number of phenolic OH excluding ortho intramolecular Hbond substituents is 1. The molecule has 4 nitrogen and oxygen atoms in total. The molecule has 0 bridgehead atoms. The Morgan fingerprint density at radius 3 is 2.41 bits per heavy atom. The van der Waals surface area contributed by atoms with Crippen LogP contribution in [-0.2, 0) is 0 Å². The van der Waals surface area contributed by atoms with E-state index in [4.69, 9.17) is 5.11 Å². The van der Waals surface area contributed by atoms with Gasteiger partial charge in [0.05, 0.1) is 5.60 Å².